The lowest BCUT2D eigenvalue weighted by molar-refractivity contribution is 0.622. The van der Waals surface area contributed by atoms with Crippen LogP contribution in [-0.2, 0) is 10.5 Å². The smallest absolute Gasteiger partial charge is 0.163 e. The third-order valence-corrected chi connectivity index (χ3v) is 1.89. The van der Waals surface area contributed by atoms with Crippen LogP contribution in [0.4, 0.5) is 5.00 Å². The van der Waals surface area contributed by atoms with Crippen molar-refractivity contribution in [2.24, 2.45) is 4.36 Å². The monoisotopic (exact) mass is 161 g/mol. The van der Waals surface area contributed by atoms with E-state index in [1.165, 1.54) is 11.3 Å². The average molecular weight is 161 g/mol. The van der Waals surface area contributed by atoms with Gasteiger partial charge in [0.2, 0.25) is 0 Å². The highest BCUT2D eigenvalue weighted by molar-refractivity contribution is 7.62. The largest absolute Gasteiger partial charge is 0.317 e. The summed E-state index contributed by atoms with van der Waals surface area (Å²) in [4.78, 5) is 0. The Morgan fingerprint density at radius 2 is 2.33 bits per heavy atom. The molecule has 3 nitrogen and oxygen atoms in total. The molecule has 0 radical (unpaired) electrons. The maximum atomic E-state index is 9.91. The molecule has 0 saturated carbocycles. The number of rotatable bonds is 1. The van der Waals surface area contributed by atoms with Crippen LogP contribution in [0.25, 0.3) is 0 Å². The van der Waals surface area contributed by atoms with E-state index in [2.05, 4.69) is 4.36 Å². The second kappa shape index (κ2) is 2.75. The zero-order chi connectivity index (χ0) is 6.69. The Morgan fingerprint density at radius 1 is 1.56 bits per heavy atom. The molecule has 0 N–H and O–H groups in total. The first-order chi connectivity index (χ1) is 4.29. The first kappa shape index (κ1) is 6.44. The van der Waals surface area contributed by atoms with E-state index in [4.69, 9.17) is 0 Å². The summed E-state index contributed by atoms with van der Waals surface area (Å²) in [5.41, 5.74) is 0. The van der Waals surface area contributed by atoms with Crippen LogP contribution in [0, 0.1) is 0 Å². The molecule has 0 atom stereocenters. The van der Waals surface area contributed by atoms with Gasteiger partial charge in [-0.3, -0.25) is 0 Å². The molecule has 1 rings (SSSR count). The molecule has 0 aliphatic heterocycles. The molecule has 0 bridgehead atoms. The van der Waals surface area contributed by atoms with Gasteiger partial charge in [0.15, 0.2) is 0 Å². The Hall–Kier alpha value is -0.680. The van der Waals surface area contributed by atoms with Crippen molar-refractivity contribution in [2.75, 3.05) is 0 Å². The quantitative estimate of drug-likeness (QED) is 0.625. The molecular weight excluding hydrogens is 158 g/mol. The van der Waals surface area contributed by atoms with E-state index in [1.54, 1.807) is 17.5 Å². The van der Waals surface area contributed by atoms with Crippen molar-refractivity contribution in [1.29, 1.82) is 0 Å². The molecule has 1 aromatic rings. The lowest BCUT2D eigenvalue weighted by Crippen LogP contribution is -1.50. The molecule has 0 spiro atoms. The average Bonchev–Trinajstić information content (AvgIpc) is 2.15. The summed E-state index contributed by atoms with van der Waals surface area (Å²) in [6.07, 6.45) is 0. The van der Waals surface area contributed by atoms with Gasteiger partial charge >= 0.3 is 10.5 Å². The second-order valence-corrected chi connectivity index (χ2v) is 2.80. The van der Waals surface area contributed by atoms with E-state index < -0.39 is 10.5 Å². The fourth-order valence-corrected chi connectivity index (χ4v) is 1.41. The fraction of sp³-hybridized carbons (Fsp3) is 0. The van der Waals surface area contributed by atoms with Gasteiger partial charge < -0.3 is 0 Å². The standard InChI is InChI=1S/C4H3NO2S2/c6-9(7)5-4-2-1-3-8-4/h1-3H. The van der Waals surface area contributed by atoms with Crippen LogP contribution in [0.3, 0.4) is 0 Å². The molecule has 1 heterocycles. The Kier molecular flexibility index (Phi) is 1.96. The Balaban J connectivity index is 3.07. The van der Waals surface area contributed by atoms with Crippen LogP contribution in [0.1, 0.15) is 0 Å². The summed E-state index contributed by atoms with van der Waals surface area (Å²) in [6.45, 7) is 0. The van der Waals surface area contributed by atoms with Crippen LogP contribution in [0.2, 0.25) is 0 Å². The van der Waals surface area contributed by atoms with Gasteiger partial charge in [0, 0.05) is 0 Å². The lowest BCUT2D eigenvalue weighted by atomic mass is 10.6. The highest BCUT2D eigenvalue weighted by Crippen LogP contribution is 2.17. The van der Waals surface area contributed by atoms with Gasteiger partial charge in [-0.1, -0.05) is 0 Å². The van der Waals surface area contributed by atoms with Crippen molar-refractivity contribution in [1.82, 2.24) is 0 Å². The predicted octanol–water partition coefficient (Wildman–Crippen LogP) is 1.44. The molecule has 0 fully saturated rings. The van der Waals surface area contributed by atoms with Crippen LogP contribution in [0.5, 0.6) is 0 Å². The Bertz CT molecular complexity index is 289. The molecule has 5 heteroatoms. The SMILES string of the molecule is O=S(=O)=Nc1cccs1. The zero-order valence-electron chi connectivity index (χ0n) is 4.31. The van der Waals surface area contributed by atoms with Crippen molar-refractivity contribution >= 4 is 26.8 Å². The summed E-state index contributed by atoms with van der Waals surface area (Å²) in [7, 11) is -2.31. The maximum Gasteiger partial charge on any atom is 0.317 e. The predicted molar refractivity (Wildman–Crippen MR) is 35.3 cm³/mol. The Morgan fingerprint density at radius 3 is 2.78 bits per heavy atom. The summed E-state index contributed by atoms with van der Waals surface area (Å²) in [6, 6.07) is 3.39. The van der Waals surface area contributed by atoms with Crippen LogP contribution < -0.4 is 0 Å². The van der Waals surface area contributed by atoms with Crippen molar-refractivity contribution in [2.45, 2.75) is 0 Å². The van der Waals surface area contributed by atoms with E-state index in [0.29, 0.717) is 5.00 Å². The third-order valence-electron chi connectivity index (χ3n) is 0.671. The molecular formula is C4H3NO2S2. The lowest BCUT2D eigenvalue weighted by Gasteiger charge is -1.69. The van der Waals surface area contributed by atoms with E-state index in [-0.39, 0.29) is 0 Å². The van der Waals surface area contributed by atoms with Gasteiger partial charge in [0.1, 0.15) is 5.00 Å². The first-order valence-electron chi connectivity index (χ1n) is 2.13. The van der Waals surface area contributed by atoms with Crippen molar-refractivity contribution in [3.63, 3.8) is 0 Å². The topological polar surface area (TPSA) is 46.5 Å². The molecule has 0 unspecified atom stereocenters. The maximum absolute atomic E-state index is 9.91. The van der Waals surface area contributed by atoms with Gasteiger partial charge in [-0.25, -0.2) is 0 Å². The van der Waals surface area contributed by atoms with Gasteiger partial charge in [-0.05, 0) is 17.5 Å². The highest BCUT2D eigenvalue weighted by Gasteiger charge is 1.85. The minimum absolute atomic E-state index is 0.517. The van der Waals surface area contributed by atoms with Gasteiger partial charge in [0.05, 0.1) is 0 Å². The Labute approximate surface area is 57.7 Å². The summed E-state index contributed by atoms with van der Waals surface area (Å²) in [5, 5.41) is 2.29. The summed E-state index contributed by atoms with van der Waals surface area (Å²) < 4.78 is 23.1. The molecule has 9 heavy (non-hydrogen) atoms. The second-order valence-electron chi connectivity index (χ2n) is 1.26. The zero-order valence-corrected chi connectivity index (χ0v) is 5.95. The fourth-order valence-electron chi connectivity index (χ4n) is 0.395. The molecule has 48 valence electrons. The molecule has 1 aromatic heterocycles. The number of hydrogen-bond donors (Lipinski definition) is 0. The van der Waals surface area contributed by atoms with Crippen LogP contribution in [0.15, 0.2) is 21.9 Å². The third kappa shape index (κ3) is 1.95. The van der Waals surface area contributed by atoms with Gasteiger partial charge in [0.25, 0.3) is 0 Å². The van der Waals surface area contributed by atoms with Gasteiger partial charge in [-0.2, -0.15) is 8.42 Å². The molecule has 0 aliphatic rings. The summed E-state index contributed by atoms with van der Waals surface area (Å²) >= 11 is 1.29. The van der Waals surface area contributed by atoms with Crippen molar-refractivity contribution in [3.05, 3.63) is 17.5 Å². The number of nitrogens with zero attached hydrogens (tertiary/aromatic N) is 1. The molecule has 0 amide bonds. The van der Waals surface area contributed by atoms with E-state index in [9.17, 15) is 8.42 Å². The number of hydrogen-bond acceptors (Lipinski definition) is 4. The number of thiophene rings is 1. The van der Waals surface area contributed by atoms with Crippen molar-refractivity contribution in [3.8, 4) is 0 Å². The van der Waals surface area contributed by atoms with E-state index >= 15 is 0 Å². The van der Waals surface area contributed by atoms with Crippen molar-refractivity contribution < 1.29 is 8.42 Å². The molecule has 0 saturated heterocycles. The minimum Gasteiger partial charge on any atom is -0.163 e. The first-order valence-corrected chi connectivity index (χ1v) is 4.05. The molecule has 0 aliphatic carbocycles. The molecule has 0 aromatic carbocycles. The van der Waals surface area contributed by atoms with Crippen LogP contribution >= 0.6 is 11.3 Å². The van der Waals surface area contributed by atoms with E-state index in [1.807, 2.05) is 0 Å². The normalized spacial score (nSPS) is 8.89. The minimum atomic E-state index is -2.31. The van der Waals surface area contributed by atoms with Gasteiger partial charge in [-0.15, -0.1) is 15.7 Å². The van der Waals surface area contributed by atoms with Crippen LogP contribution in [-0.4, -0.2) is 8.42 Å². The summed E-state index contributed by atoms with van der Waals surface area (Å²) in [5.74, 6) is 0. The van der Waals surface area contributed by atoms with E-state index in [0.717, 1.165) is 0 Å². The highest BCUT2D eigenvalue weighted by atomic mass is 32.2.